The zero-order valence-corrected chi connectivity index (χ0v) is 15.3. The molecular formula is C20H25N3OS. The first-order valence-corrected chi connectivity index (χ1v) is 10.0. The van der Waals surface area contributed by atoms with Crippen LogP contribution in [0.2, 0.25) is 0 Å². The van der Waals surface area contributed by atoms with Gasteiger partial charge in [0, 0.05) is 37.1 Å². The summed E-state index contributed by atoms with van der Waals surface area (Å²) in [5.74, 6) is 0. The van der Waals surface area contributed by atoms with Crippen LogP contribution in [0.3, 0.4) is 0 Å². The van der Waals surface area contributed by atoms with Gasteiger partial charge in [-0.15, -0.1) is 11.3 Å². The first kappa shape index (κ1) is 16.6. The molecule has 25 heavy (non-hydrogen) atoms. The SMILES string of the molecule is O=C(NCc1cccs1)N1CCN([C@H]2CCc3ccccc3C2)CC1. The zero-order chi connectivity index (χ0) is 17.1. The molecule has 0 unspecified atom stereocenters. The summed E-state index contributed by atoms with van der Waals surface area (Å²) < 4.78 is 0. The number of carbonyl (C=O) groups is 1. The van der Waals surface area contributed by atoms with E-state index in [0.29, 0.717) is 12.6 Å². The molecule has 2 aromatic rings. The molecule has 0 saturated carbocycles. The van der Waals surface area contributed by atoms with E-state index >= 15 is 0 Å². The average Bonchev–Trinajstić information content (AvgIpc) is 3.19. The standard InChI is InChI=1S/C20H25N3OS/c24-20(21-15-19-6-3-13-25-19)23-11-9-22(10-12-23)18-8-7-16-4-1-2-5-17(16)14-18/h1-6,13,18H,7-12,14-15H2,(H,21,24)/t18-/m0/s1. The largest absolute Gasteiger partial charge is 0.333 e. The lowest BCUT2D eigenvalue weighted by Gasteiger charge is -2.41. The van der Waals surface area contributed by atoms with Crippen LogP contribution in [0.25, 0.3) is 0 Å². The fourth-order valence-electron chi connectivity index (χ4n) is 3.97. The summed E-state index contributed by atoms with van der Waals surface area (Å²) in [5, 5.41) is 5.09. The number of hydrogen-bond acceptors (Lipinski definition) is 3. The Kier molecular flexibility index (Phi) is 5.04. The second kappa shape index (κ2) is 7.58. The van der Waals surface area contributed by atoms with Crippen molar-refractivity contribution in [3.63, 3.8) is 0 Å². The molecule has 2 heterocycles. The Hall–Kier alpha value is -1.85. The summed E-state index contributed by atoms with van der Waals surface area (Å²) >= 11 is 1.68. The van der Waals surface area contributed by atoms with Gasteiger partial charge in [-0.1, -0.05) is 30.3 Å². The molecule has 1 aliphatic carbocycles. The second-order valence-electron chi connectivity index (χ2n) is 6.93. The number of urea groups is 1. The van der Waals surface area contributed by atoms with Gasteiger partial charge in [-0.3, -0.25) is 4.90 Å². The van der Waals surface area contributed by atoms with Crippen LogP contribution < -0.4 is 5.32 Å². The number of nitrogens with one attached hydrogen (secondary N) is 1. The van der Waals surface area contributed by atoms with Crippen LogP contribution in [-0.4, -0.2) is 48.1 Å². The Morgan fingerprint density at radius 3 is 2.64 bits per heavy atom. The number of carbonyl (C=O) groups excluding carboxylic acids is 1. The first-order chi connectivity index (χ1) is 12.3. The maximum Gasteiger partial charge on any atom is 0.317 e. The molecule has 0 spiro atoms. The number of rotatable bonds is 3. The van der Waals surface area contributed by atoms with E-state index in [2.05, 4.69) is 40.5 Å². The van der Waals surface area contributed by atoms with Crippen LogP contribution >= 0.6 is 11.3 Å². The van der Waals surface area contributed by atoms with E-state index in [4.69, 9.17) is 0 Å². The Morgan fingerprint density at radius 2 is 1.88 bits per heavy atom. The van der Waals surface area contributed by atoms with Crippen LogP contribution in [0.15, 0.2) is 41.8 Å². The normalized spacial score (nSPS) is 21.0. The molecule has 1 saturated heterocycles. The van der Waals surface area contributed by atoms with E-state index in [-0.39, 0.29) is 6.03 Å². The Balaban J connectivity index is 1.26. The summed E-state index contributed by atoms with van der Waals surface area (Å²) in [5.41, 5.74) is 3.03. The van der Waals surface area contributed by atoms with Gasteiger partial charge in [0.1, 0.15) is 0 Å². The number of amides is 2. The summed E-state index contributed by atoms with van der Waals surface area (Å²) in [6.07, 6.45) is 3.57. The van der Waals surface area contributed by atoms with Crippen molar-refractivity contribution in [3.8, 4) is 0 Å². The third kappa shape index (κ3) is 3.88. The Labute approximate surface area is 153 Å². The fourth-order valence-corrected chi connectivity index (χ4v) is 4.61. The summed E-state index contributed by atoms with van der Waals surface area (Å²) in [4.78, 5) is 18.1. The highest BCUT2D eigenvalue weighted by molar-refractivity contribution is 7.09. The molecule has 4 nitrogen and oxygen atoms in total. The smallest absolute Gasteiger partial charge is 0.317 e. The number of nitrogens with zero attached hydrogens (tertiary/aromatic N) is 2. The maximum atomic E-state index is 12.3. The highest BCUT2D eigenvalue weighted by Gasteiger charge is 2.28. The fraction of sp³-hybridized carbons (Fsp3) is 0.450. The van der Waals surface area contributed by atoms with E-state index in [0.717, 1.165) is 32.6 Å². The van der Waals surface area contributed by atoms with Crippen LogP contribution in [0.5, 0.6) is 0 Å². The van der Waals surface area contributed by atoms with Gasteiger partial charge in [-0.05, 0) is 41.8 Å². The third-order valence-electron chi connectivity index (χ3n) is 5.43. The van der Waals surface area contributed by atoms with Crippen molar-refractivity contribution >= 4 is 17.4 Å². The number of thiophene rings is 1. The van der Waals surface area contributed by atoms with Gasteiger partial charge in [0.25, 0.3) is 0 Å². The zero-order valence-electron chi connectivity index (χ0n) is 14.5. The molecule has 1 fully saturated rings. The topological polar surface area (TPSA) is 35.6 Å². The van der Waals surface area contributed by atoms with Crippen molar-refractivity contribution in [3.05, 3.63) is 57.8 Å². The van der Waals surface area contributed by atoms with Gasteiger partial charge in [0.2, 0.25) is 0 Å². The number of aryl methyl sites for hydroxylation is 1. The average molecular weight is 356 g/mol. The molecule has 4 rings (SSSR count). The maximum absolute atomic E-state index is 12.3. The van der Waals surface area contributed by atoms with E-state index in [1.54, 1.807) is 11.3 Å². The molecule has 132 valence electrons. The van der Waals surface area contributed by atoms with E-state index in [1.807, 2.05) is 16.3 Å². The highest BCUT2D eigenvalue weighted by atomic mass is 32.1. The predicted octanol–water partition coefficient (Wildman–Crippen LogP) is 3.13. The predicted molar refractivity (Wildman–Crippen MR) is 102 cm³/mol. The Bertz CT molecular complexity index is 707. The third-order valence-corrected chi connectivity index (χ3v) is 6.31. The first-order valence-electron chi connectivity index (χ1n) is 9.15. The van der Waals surface area contributed by atoms with Gasteiger partial charge in [-0.2, -0.15) is 0 Å². The van der Waals surface area contributed by atoms with Gasteiger partial charge in [0.05, 0.1) is 6.54 Å². The van der Waals surface area contributed by atoms with Gasteiger partial charge in [0.15, 0.2) is 0 Å². The van der Waals surface area contributed by atoms with Gasteiger partial charge in [-0.25, -0.2) is 4.79 Å². The number of benzene rings is 1. The lowest BCUT2D eigenvalue weighted by molar-refractivity contribution is 0.101. The lowest BCUT2D eigenvalue weighted by Crippen LogP contribution is -2.54. The van der Waals surface area contributed by atoms with Gasteiger partial charge >= 0.3 is 6.03 Å². The van der Waals surface area contributed by atoms with Crippen molar-refractivity contribution < 1.29 is 4.79 Å². The molecule has 1 aromatic carbocycles. The summed E-state index contributed by atoms with van der Waals surface area (Å²) in [6.45, 7) is 4.26. The monoisotopic (exact) mass is 355 g/mol. The van der Waals surface area contributed by atoms with Crippen molar-refractivity contribution in [1.82, 2.24) is 15.1 Å². The van der Waals surface area contributed by atoms with E-state index in [1.165, 1.54) is 28.8 Å². The molecule has 1 atom stereocenters. The molecule has 5 heteroatoms. The molecular weight excluding hydrogens is 330 g/mol. The molecule has 1 aromatic heterocycles. The van der Waals surface area contributed by atoms with Crippen LogP contribution in [0.4, 0.5) is 4.79 Å². The van der Waals surface area contributed by atoms with Crippen molar-refractivity contribution in [2.45, 2.75) is 31.8 Å². The minimum Gasteiger partial charge on any atom is -0.333 e. The Morgan fingerprint density at radius 1 is 1.08 bits per heavy atom. The minimum atomic E-state index is 0.0713. The van der Waals surface area contributed by atoms with E-state index < -0.39 is 0 Å². The molecule has 1 N–H and O–H groups in total. The second-order valence-corrected chi connectivity index (χ2v) is 7.96. The highest BCUT2D eigenvalue weighted by Crippen LogP contribution is 2.25. The number of fused-ring (bicyclic) bond motifs is 1. The molecule has 2 amide bonds. The van der Waals surface area contributed by atoms with Crippen molar-refractivity contribution in [2.24, 2.45) is 0 Å². The summed E-state index contributed by atoms with van der Waals surface area (Å²) in [6, 6.07) is 13.6. The van der Waals surface area contributed by atoms with Gasteiger partial charge < -0.3 is 10.2 Å². The lowest BCUT2D eigenvalue weighted by atomic mass is 9.87. The van der Waals surface area contributed by atoms with Crippen LogP contribution in [0.1, 0.15) is 22.4 Å². The molecule has 1 aliphatic heterocycles. The van der Waals surface area contributed by atoms with Crippen LogP contribution in [0, 0.1) is 0 Å². The number of piperazine rings is 1. The van der Waals surface area contributed by atoms with Crippen molar-refractivity contribution in [2.75, 3.05) is 26.2 Å². The summed E-state index contributed by atoms with van der Waals surface area (Å²) in [7, 11) is 0. The van der Waals surface area contributed by atoms with Crippen molar-refractivity contribution in [1.29, 1.82) is 0 Å². The molecule has 0 radical (unpaired) electrons. The number of hydrogen-bond donors (Lipinski definition) is 1. The minimum absolute atomic E-state index is 0.0713. The van der Waals surface area contributed by atoms with E-state index in [9.17, 15) is 4.79 Å². The molecule has 2 aliphatic rings. The quantitative estimate of drug-likeness (QED) is 0.918. The molecule has 0 bridgehead atoms. The van der Waals surface area contributed by atoms with Crippen LogP contribution in [-0.2, 0) is 19.4 Å².